The first-order valence-corrected chi connectivity index (χ1v) is 18.4. The molecule has 224 valence electrons. The van der Waals surface area contributed by atoms with Gasteiger partial charge in [-0.3, -0.25) is 0 Å². The minimum Gasteiger partial charge on any atom is -0.351 e. The summed E-state index contributed by atoms with van der Waals surface area (Å²) in [6.07, 6.45) is 31.1. The average Bonchev–Trinajstić information content (AvgIpc) is 2.90. The predicted octanol–water partition coefficient (Wildman–Crippen LogP) is 10.9. The highest BCUT2D eigenvalue weighted by molar-refractivity contribution is 6.53. The minimum atomic E-state index is -3.05. The van der Waals surface area contributed by atoms with Crippen LogP contribution in [0.1, 0.15) is 182 Å². The molecule has 0 amide bonds. The Morgan fingerprint density at radius 2 is 0.541 bits per heavy atom. The summed E-state index contributed by atoms with van der Waals surface area (Å²) in [7, 11) is -3.05. The van der Waals surface area contributed by atoms with Crippen LogP contribution >= 0.6 is 0 Å². The lowest BCUT2D eigenvalue weighted by Gasteiger charge is -2.28. The molecule has 0 aromatic carbocycles. The van der Waals surface area contributed by atoms with Crippen LogP contribution in [0.3, 0.4) is 0 Å². The first-order chi connectivity index (χ1) is 18.2. The van der Waals surface area contributed by atoms with Gasteiger partial charge in [-0.1, -0.05) is 156 Å². The Morgan fingerprint density at radius 1 is 0.297 bits per heavy atom. The summed E-state index contributed by atoms with van der Waals surface area (Å²) >= 11 is 0. The van der Waals surface area contributed by atoms with Crippen molar-refractivity contribution in [3.63, 3.8) is 0 Å². The van der Waals surface area contributed by atoms with Crippen LogP contribution in [0.4, 0.5) is 0 Å². The van der Waals surface area contributed by atoms with Gasteiger partial charge in [0.2, 0.25) is 0 Å². The van der Waals surface area contributed by atoms with E-state index in [2.05, 4.69) is 20.8 Å². The van der Waals surface area contributed by atoms with Gasteiger partial charge in [0, 0.05) is 26.4 Å². The van der Waals surface area contributed by atoms with Crippen molar-refractivity contribution < 1.29 is 17.7 Å². The number of unbranched alkanes of at least 4 members (excludes halogenated alkanes) is 21. The zero-order chi connectivity index (χ0) is 27.1. The lowest BCUT2D eigenvalue weighted by molar-refractivity contribution is -0.0344. The third-order valence-corrected chi connectivity index (χ3v) is 9.47. The Balaban J connectivity index is 4.37. The summed E-state index contributed by atoms with van der Waals surface area (Å²) in [6.45, 7) is 11.5. The van der Waals surface area contributed by atoms with Crippen molar-refractivity contribution in [1.29, 1.82) is 0 Å². The highest BCUT2D eigenvalue weighted by Crippen LogP contribution is 2.18. The molecule has 0 saturated heterocycles. The molecule has 0 N–H and O–H groups in total. The monoisotopic (exact) mass is 544 g/mol. The van der Waals surface area contributed by atoms with E-state index in [1.54, 1.807) is 0 Å². The van der Waals surface area contributed by atoms with Crippen molar-refractivity contribution >= 4 is 9.05 Å². The summed E-state index contributed by atoms with van der Waals surface area (Å²) in [5, 5.41) is 0. The molecule has 0 aromatic heterocycles. The highest BCUT2D eigenvalue weighted by Gasteiger charge is 2.45. The highest BCUT2D eigenvalue weighted by atomic mass is 28.4. The van der Waals surface area contributed by atoms with Crippen LogP contribution in [0.15, 0.2) is 0 Å². The molecule has 4 nitrogen and oxygen atoms in total. The molecule has 0 fully saturated rings. The van der Waals surface area contributed by atoms with Gasteiger partial charge in [-0.15, -0.1) is 0 Å². The van der Waals surface area contributed by atoms with Crippen molar-refractivity contribution in [3.05, 3.63) is 0 Å². The fourth-order valence-corrected chi connectivity index (χ4v) is 6.76. The van der Waals surface area contributed by atoms with Crippen molar-refractivity contribution in [2.75, 3.05) is 26.4 Å². The van der Waals surface area contributed by atoms with Crippen LogP contribution in [-0.4, -0.2) is 35.5 Å². The molecule has 5 heteroatoms. The Bertz CT molecular complexity index is 367. The molecule has 0 aliphatic rings. The predicted molar refractivity (Wildman–Crippen MR) is 163 cm³/mol. The molecule has 0 saturated carbocycles. The maximum atomic E-state index is 6.33. The lowest BCUT2D eigenvalue weighted by Crippen LogP contribution is -2.50. The van der Waals surface area contributed by atoms with Gasteiger partial charge in [-0.25, -0.2) is 0 Å². The average molecular weight is 545 g/mol. The third-order valence-electron chi connectivity index (χ3n) is 7.15. The summed E-state index contributed by atoms with van der Waals surface area (Å²) in [5.41, 5.74) is 0. The summed E-state index contributed by atoms with van der Waals surface area (Å²) in [6, 6.07) is 0. The first kappa shape index (κ1) is 37.1. The molecule has 37 heavy (non-hydrogen) atoms. The van der Waals surface area contributed by atoms with Crippen LogP contribution in [0, 0.1) is 0 Å². The van der Waals surface area contributed by atoms with Crippen LogP contribution in [0.5, 0.6) is 0 Å². The first-order valence-electron chi connectivity index (χ1n) is 16.8. The zero-order valence-electron chi connectivity index (χ0n) is 25.9. The van der Waals surface area contributed by atoms with E-state index in [1.807, 2.05) is 6.92 Å². The molecule has 0 unspecified atom stereocenters. The Hall–Kier alpha value is 0.0569. The van der Waals surface area contributed by atoms with Gasteiger partial charge < -0.3 is 17.7 Å². The summed E-state index contributed by atoms with van der Waals surface area (Å²) in [4.78, 5) is 0. The second-order valence-corrected chi connectivity index (χ2v) is 13.1. The molecule has 0 atom stereocenters. The van der Waals surface area contributed by atoms with Gasteiger partial charge >= 0.3 is 9.05 Å². The van der Waals surface area contributed by atoms with Crippen molar-refractivity contribution in [2.24, 2.45) is 0 Å². The SMILES string of the molecule is CCCCCCCCCCO[Si](OCC)(OCCCCCCCCCC)OCCCCCCCCCC. The fourth-order valence-electron chi connectivity index (χ4n) is 4.73. The molecule has 0 radical (unpaired) electrons. The van der Waals surface area contributed by atoms with Gasteiger partial charge in [0.05, 0.1) is 0 Å². The molecule has 0 aliphatic carbocycles. The smallest absolute Gasteiger partial charge is 0.351 e. The second kappa shape index (κ2) is 30.6. The summed E-state index contributed by atoms with van der Waals surface area (Å²) in [5.74, 6) is 0. The number of hydrogen-bond donors (Lipinski definition) is 0. The quantitative estimate of drug-likeness (QED) is 0.0623. The Kier molecular flexibility index (Phi) is 30.6. The van der Waals surface area contributed by atoms with Crippen LogP contribution < -0.4 is 0 Å². The van der Waals surface area contributed by atoms with E-state index in [1.165, 1.54) is 135 Å². The van der Waals surface area contributed by atoms with Crippen LogP contribution in [0.2, 0.25) is 0 Å². The second-order valence-electron chi connectivity index (χ2n) is 10.9. The molecule has 0 heterocycles. The van der Waals surface area contributed by atoms with E-state index in [9.17, 15) is 0 Å². The van der Waals surface area contributed by atoms with E-state index in [0.29, 0.717) is 26.4 Å². The standard InChI is InChI=1S/C32H68O4Si/c1-5-9-12-15-18-21-24-27-30-34-37(33-8-4,35-31-28-25-22-19-16-13-10-6-2)36-32-29-26-23-20-17-14-11-7-3/h5-32H2,1-4H3. The van der Waals surface area contributed by atoms with Gasteiger partial charge in [-0.05, 0) is 26.2 Å². The van der Waals surface area contributed by atoms with E-state index in [4.69, 9.17) is 17.7 Å². The molecule has 0 spiro atoms. The Labute approximate surface area is 234 Å². The topological polar surface area (TPSA) is 36.9 Å². The normalized spacial score (nSPS) is 12.0. The van der Waals surface area contributed by atoms with E-state index < -0.39 is 9.05 Å². The fraction of sp³-hybridized carbons (Fsp3) is 1.00. The van der Waals surface area contributed by atoms with Crippen molar-refractivity contribution in [2.45, 2.75) is 182 Å². The molecule has 0 bridgehead atoms. The Morgan fingerprint density at radius 3 is 0.784 bits per heavy atom. The minimum absolute atomic E-state index is 0.582. The van der Waals surface area contributed by atoms with E-state index in [-0.39, 0.29) is 0 Å². The van der Waals surface area contributed by atoms with Gasteiger partial charge in [0.1, 0.15) is 0 Å². The maximum Gasteiger partial charge on any atom is 0.679 e. The van der Waals surface area contributed by atoms with Gasteiger partial charge in [0.15, 0.2) is 0 Å². The van der Waals surface area contributed by atoms with Crippen LogP contribution in [0.25, 0.3) is 0 Å². The van der Waals surface area contributed by atoms with Gasteiger partial charge in [-0.2, -0.15) is 0 Å². The number of hydrogen-bond acceptors (Lipinski definition) is 4. The number of rotatable bonds is 32. The summed E-state index contributed by atoms with van der Waals surface area (Å²) < 4.78 is 25.1. The van der Waals surface area contributed by atoms with Crippen molar-refractivity contribution in [3.8, 4) is 0 Å². The van der Waals surface area contributed by atoms with E-state index >= 15 is 0 Å². The maximum absolute atomic E-state index is 6.33. The molecular formula is C32H68O4Si. The van der Waals surface area contributed by atoms with E-state index in [0.717, 1.165) is 19.3 Å². The lowest BCUT2D eigenvalue weighted by atomic mass is 10.1. The largest absolute Gasteiger partial charge is 0.679 e. The van der Waals surface area contributed by atoms with Crippen molar-refractivity contribution in [1.82, 2.24) is 0 Å². The molecular weight excluding hydrogens is 476 g/mol. The molecule has 0 aliphatic heterocycles. The third kappa shape index (κ3) is 26.1. The zero-order valence-corrected chi connectivity index (χ0v) is 26.9. The molecule has 0 rings (SSSR count). The van der Waals surface area contributed by atoms with Crippen LogP contribution in [-0.2, 0) is 17.7 Å². The molecule has 0 aromatic rings. The van der Waals surface area contributed by atoms with Gasteiger partial charge in [0.25, 0.3) is 0 Å².